The van der Waals surface area contributed by atoms with E-state index in [1.54, 1.807) is 18.3 Å². The molecule has 0 saturated heterocycles. The van der Waals surface area contributed by atoms with Crippen molar-refractivity contribution in [3.8, 4) is 17.2 Å². The number of carbonyl (C=O) groups is 1. The minimum absolute atomic E-state index is 0.157. The molecule has 0 bridgehead atoms. The van der Waals surface area contributed by atoms with E-state index in [4.69, 9.17) is 9.15 Å². The molecule has 0 fully saturated rings. The zero-order chi connectivity index (χ0) is 27.1. The van der Waals surface area contributed by atoms with Crippen LogP contribution in [0.25, 0.3) is 22.3 Å². The van der Waals surface area contributed by atoms with E-state index in [2.05, 4.69) is 36.2 Å². The van der Waals surface area contributed by atoms with Crippen LogP contribution in [0.4, 0.5) is 5.69 Å². The summed E-state index contributed by atoms with van der Waals surface area (Å²) in [6.07, 6.45) is 1.75. The van der Waals surface area contributed by atoms with Gasteiger partial charge in [-0.25, -0.2) is 4.98 Å². The number of nitrogens with zero attached hydrogens (tertiary/aromatic N) is 4. The number of ether oxygens (including phenoxy) is 1. The Morgan fingerprint density at radius 3 is 2.52 bits per heavy atom. The molecule has 10 nitrogen and oxygen atoms in total. The standard InChI is InChI=1S/C30H25N7O3/c38-30(32-18-28-34-36-37-35-28)21-10-13-24(14-11-21)33-25(20-6-2-1-3-7-20)19-39-29-15-12-23(17-31-29)27-16-22-8-4-5-9-26(22)40-27/h1-17,25,33H,18-19H2,(H,32,38)(H,34,35,36,37). The average molecular weight is 532 g/mol. The Hall–Kier alpha value is -5.51. The number of benzene rings is 3. The van der Waals surface area contributed by atoms with E-state index in [-0.39, 0.29) is 18.5 Å². The summed E-state index contributed by atoms with van der Waals surface area (Å²) in [5, 5.41) is 20.8. The number of amides is 1. The smallest absolute Gasteiger partial charge is 0.251 e. The van der Waals surface area contributed by atoms with Gasteiger partial charge in [-0.05, 0) is 48.0 Å². The van der Waals surface area contributed by atoms with E-state index in [0.29, 0.717) is 23.9 Å². The second kappa shape index (κ2) is 11.5. The third-order valence-electron chi connectivity index (χ3n) is 6.33. The fraction of sp³-hybridized carbons (Fsp3) is 0.100. The highest BCUT2D eigenvalue weighted by Crippen LogP contribution is 2.28. The summed E-state index contributed by atoms with van der Waals surface area (Å²) in [4.78, 5) is 17.0. The van der Waals surface area contributed by atoms with Gasteiger partial charge in [-0.1, -0.05) is 53.7 Å². The number of nitrogens with one attached hydrogen (secondary N) is 3. The second-order valence-corrected chi connectivity index (χ2v) is 9.04. The van der Waals surface area contributed by atoms with Gasteiger partial charge in [0, 0.05) is 34.5 Å². The van der Waals surface area contributed by atoms with Crippen LogP contribution in [0.1, 0.15) is 27.8 Å². The summed E-state index contributed by atoms with van der Waals surface area (Å²) >= 11 is 0. The lowest BCUT2D eigenvalue weighted by molar-refractivity contribution is 0.0950. The minimum atomic E-state index is -0.225. The molecule has 3 N–H and O–H groups in total. The maximum absolute atomic E-state index is 12.5. The summed E-state index contributed by atoms with van der Waals surface area (Å²) in [5.74, 6) is 1.46. The van der Waals surface area contributed by atoms with Gasteiger partial charge >= 0.3 is 0 Å². The van der Waals surface area contributed by atoms with Gasteiger partial charge in [0.2, 0.25) is 5.88 Å². The number of anilines is 1. The first-order chi connectivity index (χ1) is 19.7. The van der Waals surface area contributed by atoms with Gasteiger partial charge in [0.1, 0.15) is 18.0 Å². The van der Waals surface area contributed by atoms with Gasteiger partial charge in [0.25, 0.3) is 5.91 Å². The van der Waals surface area contributed by atoms with Crippen LogP contribution < -0.4 is 15.4 Å². The Kier molecular flexibility index (Phi) is 7.12. The van der Waals surface area contributed by atoms with Crippen LogP contribution in [-0.2, 0) is 6.54 Å². The van der Waals surface area contributed by atoms with Crippen LogP contribution in [0.2, 0.25) is 0 Å². The zero-order valence-electron chi connectivity index (χ0n) is 21.3. The molecule has 0 saturated carbocycles. The van der Waals surface area contributed by atoms with Gasteiger partial charge in [-0.2, -0.15) is 5.21 Å². The number of fused-ring (bicyclic) bond motifs is 1. The molecular weight excluding hydrogens is 506 g/mol. The lowest BCUT2D eigenvalue weighted by Crippen LogP contribution is -2.23. The molecule has 10 heteroatoms. The Bertz CT molecular complexity index is 1650. The number of aromatic amines is 1. The summed E-state index contributed by atoms with van der Waals surface area (Å²) in [6.45, 7) is 0.532. The van der Waals surface area contributed by atoms with Crippen molar-refractivity contribution in [1.82, 2.24) is 30.9 Å². The molecule has 1 amide bonds. The fourth-order valence-corrected chi connectivity index (χ4v) is 4.25. The number of rotatable bonds is 10. The molecule has 3 aromatic carbocycles. The number of aromatic nitrogens is 5. The van der Waals surface area contributed by atoms with Crippen LogP contribution in [0, 0.1) is 0 Å². The van der Waals surface area contributed by atoms with Crippen LogP contribution in [0.15, 0.2) is 108 Å². The molecular formula is C30H25N7O3. The number of hydrogen-bond donors (Lipinski definition) is 3. The first-order valence-electron chi connectivity index (χ1n) is 12.7. The maximum Gasteiger partial charge on any atom is 0.251 e. The van der Waals surface area contributed by atoms with Crippen LogP contribution in [-0.4, -0.2) is 38.1 Å². The molecule has 6 rings (SSSR count). The molecule has 1 unspecified atom stereocenters. The fourth-order valence-electron chi connectivity index (χ4n) is 4.25. The van der Waals surface area contributed by atoms with E-state index < -0.39 is 0 Å². The molecule has 0 spiro atoms. The predicted octanol–water partition coefficient (Wildman–Crippen LogP) is 5.17. The van der Waals surface area contributed by atoms with E-state index in [9.17, 15) is 4.79 Å². The quantitative estimate of drug-likeness (QED) is 0.221. The molecule has 3 heterocycles. The largest absolute Gasteiger partial charge is 0.475 e. The van der Waals surface area contributed by atoms with Crippen molar-refractivity contribution < 1.29 is 13.9 Å². The van der Waals surface area contributed by atoms with Gasteiger partial charge in [0.05, 0.1) is 12.6 Å². The summed E-state index contributed by atoms with van der Waals surface area (Å²) in [7, 11) is 0. The average Bonchev–Trinajstić information content (AvgIpc) is 3.69. The number of H-pyrrole nitrogens is 1. The third kappa shape index (κ3) is 5.81. The van der Waals surface area contributed by atoms with Gasteiger partial charge < -0.3 is 19.8 Å². The van der Waals surface area contributed by atoms with Crippen LogP contribution in [0.3, 0.4) is 0 Å². The molecule has 40 heavy (non-hydrogen) atoms. The first-order valence-corrected chi connectivity index (χ1v) is 12.7. The monoisotopic (exact) mass is 531 g/mol. The Morgan fingerprint density at radius 1 is 0.950 bits per heavy atom. The van der Waals surface area contributed by atoms with E-state index in [0.717, 1.165) is 33.5 Å². The van der Waals surface area contributed by atoms with Crippen LogP contribution in [0.5, 0.6) is 5.88 Å². The highest BCUT2D eigenvalue weighted by molar-refractivity contribution is 5.94. The zero-order valence-corrected chi connectivity index (χ0v) is 21.3. The van der Waals surface area contributed by atoms with Crippen molar-refractivity contribution in [3.05, 3.63) is 120 Å². The Morgan fingerprint density at radius 2 is 1.77 bits per heavy atom. The summed E-state index contributed by atoms with van der Waals surface area (Å²) in [6, 6.07) is 30.8. The SMILES string of the molecule is O=C(NCc1nn[nH]n1)c1ccc(NC(COc2ccc(-c3cc4ccccc4o3)cn2)c2ccccc2)cc1. The molecule has 1 atom stereocenters. The van der Waals surface area contributed by atoms with E-state index >= 15 is 0 Å². The van der Waals surface area contributed by atoms with Crippen molar-refractivity contribution in [2.45, 2.75) is 12.6 Å². The summed E-state index contributed by atoms with van der Waals surface area (Å²) in [5.41, 5.74) is 4.15. The maximum atomic E-state index is 12.5. The van der Waals surface area contributed by atoms with Crippen molar-refractivity contribution in [2.24, 2.45) is 0 Å². The molecule has 3 aromatic heterocycles. The number of carbonyl (C=O) groups excluding carboxylic acids is 1. The molecule has 198 valence electrons. The Labute approximate surface area is 229 Å². The van der Waals surface area contributed by atoms with Crippen molar-refractivity contribution in [3.63, 3.8) is 0 Å². The normalized spacial score (nSPS) is 11.7. The number of para-hydroxylation sites is 1. The van der Waals surface area contributed by atoms with E-state index in [1.807, 2.05) is 84.9 Å². The molecule has 0 aliphatic carbocycles. The van der Waals surface area contributed by atoms with Gasteiger partial charge in [0.15, 0.2) is 5.82 Å². The molecule has 6 aromatic rings. The van der Waals surface area contributed by atoms with E-state index in [1.165, 1.54) is 0 Å². The number of furan rings is 1. The molecule has 0 aliphatic heterocycles. The van der Waals surface area contributed by atoms with Crippen LogP contribution >= 0.6 is 0 Å². The predicted molar refractivity (Wildman–Crippen MR) is 150 cm³/mol. The van der Waals surface area contributed by atoms with Crippen molar-refractivity contribution in [2.75, 3.05) is 11.9 Å². The van der Waals surface area contributed by atoms with Gasteiger partial charge in [-0.3, -0.25) is 4.79 Å². The molecule has 0 aliphatic rings. The third-order valence-corrected chi connectivity index (χ3v) is 6.33. The highest BCUT2D eigenvalue weighted by atomic mass is 16.5. The second-order valence-electron chi connectivity index (χ2n) is 9.04. The van der Waals surface area contributed by atoms with Gasteiger partial charge in [-0.15, -0.1) is 10.2 Å². The lowest BCUT2D eigenvalue weighted by atomic mass is 10.1. The number of pyridine rings is 1. The minimum Gasteiger partial charge on any atom is -0.475 e. The number of hydrogen-bond acceptors (Lipinski definition) is 8. The Balaban J connectivity index is 1.11. The molecule has 0 radical (unpaired) electrons. The summed E-state index contributed by atoms with van der Waals surface area (Å²) < 4.78 is 12.0. The topological polar surface area (TPSA) is 131 Å². The number of tetrazole rings is 1. The first kappa shape index (κ1) is 24.8. The van der Waals surface area contributed by atoms with Crippen molar-refractivity contribution in [1.29, 1.82) is 0 Å². The lowest BCUT2D eigenvalue weighted by Gasteiger charge is -2.21. The highest BCUT2D eigenvalue weighted by Gasteiger charge is 2.14. The van der Waals surface area contributed by atoms with Crippen molar-refractivity contribution >= 4 is 22.6 Å².